The van der Waals surface area contributed by atoms with E-state index in [-0.39, 0.29) is 77.0 Å². The summed E-state index contributed by atoms with van der Waals surface area (Å²) in [6.45, 7) is 7.02. The van der Waals surface area contributed by atoms with Crippen LogP contribution in [0.2, 0.25) is 0 Å². The van der Waals surface area contributed by atoms with Crippen LogP contribution < -0.4 is 9.47 Å². The van der Waals surface area contributed by atoms with Crippen LogP contribution in [0.1, 0.15) is 82.6 Å². The lowest BCUT2D eigenvalue weighted by Crippen LogP contribution is -2.70. The molecule has 1 saturated heterocycles. The lowest BCUT2D eigenvalue weighted by atomic mass is 9.55. The van der Waals surface area contributed by atoms with E-state index in [4.69, 9.17) is 38.4 Å². The molecule has 1 amide bonds. The highest BCUT2D eigenvalue weighted by Gasteiger charge is 2.65. The van der Waals surface area contributed by atoms with Crippen molar-refractivity contribution in [3.63, 3.8) is 0 Å². The Bertz CT molecular complexity index is 2000. The fourth-order valence-electron chi connectivity index (χ4n) is 10.0. The van der Waals surface area contributed by atoms with E-state index in [0.717, 1.165) is 60.8 Å². The summed E-state index contributed by atoms with van der Waals surface area (Å²) >= 11 is 0. The number of unbranched alkanes of at least 4 members (excludes halogenated alkanes) is 2. The molecule has 2 heterocycles. The Morgan fingerprint density at radius 3 is 2.41 bits per heavy atom. The predicted octanol–water partition coefficient (Wildman–Crippen LogP) is 8.77. The second-order valence-corrected chi connectivity index (χ2v) is 16.9. The molecule has 0 aromatic heterocycles. The first kappa shape index (κ1) is 47.2. The summed E-state index contributed by atoms with van der Waals surface area (Å²) in [7, 11) is 0. The van der Waals surface area contributed by atoms with Gasteiger partial charge in [0.15, 0.2) is 0 Å². The average Bonchev–Trinajstić information content (AvgIpc) is 3.32. The van der Waals surface area contributed by atoms with Gasteiger partial charge in [0.1, 0.15) is 23.3 Å². The van der Waals surface area contributed by atoms with Crippen molar-refractivity contribution < 1.29 is 53.4 Å². The van der Waals surface area contributed by atoms with Gasteiger partial charge in [0.25, 0.3) is 0 Å². The molecule has 13 heteroatoms. The molecule has 64 heavy (non-hydrogen) atoms. The third kappa shape index (κ3) is 11.0. The minimum absolute atomic E-state index is 0.0280. The van der Waals surface area contributed by atoms with Crippen LogP contribution in [0.3, 0.4) is 0 Å². The molecule has 3 aromatic rings. The Morgan fingerprint density at radius 2 is 1.69 bits per heavy atom. The summed E-state index contributed by atoms with van der Waals surface area (Å²) in [6, 6.07) is 23.4. The van der Waals surface area contributed by atoms with Gasteiger partial charge in [-0.25, -0.2) is 4.79 Å². The first-order valence-electron chi connectivity index (χ1n) is 23.3. The van der Waals surface area contributed by atoms with E-state index >= 15 is 0 Å². The van der Waals surface area contributed by atoms with E-state index in [9.17, 15) is 20.1 Å². The normalized spacial score (nSPS) is 25.3. The summed E-state index contributed by atoms with van der Waals surface area (Å²) in [4.78, 5) is 22.1. The lowest BCUT2D eigenvalue weighted by molar-refractivity contribution is -0.256. The fraction of sp³-hybridized carbons (Fsp3) is 0.529. The number of aliphatic hydroxyl groups excluding tert-OH is 3. The summed E-state index contributed by atoms with van der Waals surface area (Å²) in [6.07, 6.45) is 10.3. The van der Waals surface area contributed by atoms with E-state index < -0.39 is 30.1 Å². The smallest absolute Gasteiger partial charge is 0.410 e. The van der Waals surface area contributed by atoms with Crippen LogP contribution in [0, 0.1) is 17.8 Å². The van der Waals surface area contributed by atoms with Crippen molar-refractivity contribution in [3.05, 3.63) is 103 Å². The number of oxime groups is 1. The Labute approximate surface area is 377 Å². The van der Waals surface area contributed by atoms with Gasteiger partial charge in [0, 0.05) is 44.1 Å². The highest BCUT2D eigenvalue weighted by Crippen LogP contribution is 2.62. The third-order valence-corrected chi connectivity index (χ3v) is 12.9. The van der Waals surface area contributed by atoms with Gasteiger partial charge in [-0.1, -0.05) is 72.6 Å². The van der Waals surface area contributed by atoms with Crippen molar-refractivity contribution in [2.24, 2.45) is 22.9 Å². The van der Waals surface area contributed by atoms with Crippen LogP contribution in [0.15, 0.2) is 102 Å². The van der Waals surface area contributed by atoms with Gasteiger partial charge in [0.05, 0.1) is 51.3 Å². The fourth-order valence-corrected chi connectivity index (χ4v) is 10.0. The summed E-state index contributed by atoms with van der Waals surface area (Å²) in [5.41, 5.74) is 4.73. The summed E-state index contributed by atoms with van der Waals surface area (Å²) < 4.78 is 38.5. The van der Waals surface area contributed by atoms with Crippen LogP contribution in [0.25, 0.3) is 11.1 Å². The van der Waals surface area contributed by atoms with Crippen molar-refractivity contribution in [2.75, 3.05) is 59.4 Å². The molecule has 0 spiro atoms. The number of amides is 1. The standard InChI is InChI=1S/C51H66N2O11/c1-3-29-61-51-46(53(50(57)59-4-2)25-31-58-32-28-56)35-44(52-64-47-18-10-13-30-60-47)42-33-38(16-8-11-26-54)41(17-9-12-27-55)48(49(42)51)43-34-40(23-24-45(43)63-51)62-39-21-19-37(20-22-39)36-14-6-5-7-15-36/h3,5-7,14-15,19-24,33-34,38,41,46-49,54-56H,1,4,8-13,16-18,25-32,35H2,2H3. The van der Waals surface area contributed by atoms with Gasteiger partial charge < -0.3 is 48.6 Å². The first-order chi connectivity index (χ1) is 31.4. The third-order valence-electron chi connectivity index (χ3n) is 12.9. The average molecular weight is 883 g/mol. The molecule has 4 aliphatic rings. The number of nitrogens with zero attached hydrogens (tertiary/aromatic N) is 2. The Kier molecular flexibility index (Phi) is 17.3. The van der Waals surface area contributed by atoms with Crippen molar-refractivity contribution in [1.82, 2.24) is 4.90 Å². The van der Waals surface area contributed by atoms with Gasteiger partial charge in [-0.3, -0.25) is 4.90 Å². The molecule has 3 aromatic carbocycles. The molecular formula is C51H66N2O11. The number of fused-ring (bicyclic) bond motifs is 2. The molecule has 346 valence electrons. The van der Waals surface area contributed by atoms with Gasteiger partial charge >= 0.3 is 6.09 Å². The Hall–Kier alpha value is -4.76. The SMILES string of the molecule is C=CCOC12Oc3ccc(Oc4ccc(-c5ccccc5)cc4)cc3C3C(CCCCO)C(CCCCO)C=C(C(=NOC4CCCCO4)CC1N(CCOCCO)C(=O)OCC)C32. The van der Waals surface area contributed by atoms with E-state index in [2.05, 4.69) is 43.0 Å². The topological polar surface area (TPSA) is 158 Å². The zero-order valence-electron chi connectivity index (χ0n) is 37.2. The van der Waals surface area contributed by atoms with Crippen molar-refractivity contribution in [2.45, 2.75) is 95.2 Å². The van der Waals surface area contributed by atoms with Crippen LogP contribution in [-0.2, 0) is 23.8 Å². The van der Waals surface area contributed by atoms with Gasteiger partial charge in [0.2, 0.25) is 12.1 Å². The minimum atomic E-state index is -1.47. The largest absolute Gasteiger partial charge is 0.459 e. The van der Waals surface area contributed by atoms with Crippen molar-refractivity contribution >= 4 is 11.8 Å². The van der Waals surface area contributed by atoms with Crippen LogP contribution in [0.4, 0.5) is 4.79 Å². The number of benzene rings is 3. The molecule has 2 aliphatic heterocycles. The number of allylic oxidation sites excluding steroid dienone is 1. The summed E-state index contributed by atoms with van der Waals surface area (Å²) in [5, 5.41) is 34.4. The number of carbonyl (C=O) groups excluding carboxylic acids is 1. The molecule has 7 atom stereocenters. The molecule has 2 fully saturated rings. The van der Waals surface area contributed by atoms with Crippen LogP contribution in [0.5, 0.6) is 17.2 Å². The minimum Gasteiger partial charge on any atom is -0.459 e. The van der Waals surface area contributed by atoms with Crippen molar-refractivity contribution in [3.8, 4) is 28.4 Å². The maximum atomic E-state index is 14.3. The second kappa shape index (κ2) is 23.4. The summed E-state index contributed by atoms with van der Waals surface area (Å²) in [5.74, 6) is -0.208. The van der Waals surface area contributed by atoms with Gasteiger partial charge in [-0.15, -0.1) is 6.58 Å². The van der Waals surface area contributed by atoms with E-state index in [1.807, 2.05) is 42.5 Å². The van der Waals surface area contributed by atoms with E-state index in [1.165, 1.54) is 0 Å². The molecule has 7 unspecified atom stereocenters. The predicted molar refractivity (Wildman–Crippen MR) is 243 cm³/mol. The van der Waals surface area contributed by atoms with E-state index in [1.54, 1.807) is 17.9 Å². The maximum Gasteiger partial charge on any atom is 0.410 e. The zero-order valence-corrected chi connectivity index (χ0v) is 37.2. The molecule has 0 bridgehead atoms. The lowest BCUT2D eigenvalue weighted by Gasteiger charge is -2.59. The molecule has 7 rings (SSSR count). The molecular weight excluding hydrogens is 817 g/mol. The Balaban J connectivity index is 1.39. The number of ether oxygens (including phenoxy) is 6. The zero-order chi connectivity index (χ0) is 44.7. The number of carbonyl (C=O) groups is 1. The highest BCUT2D eigenvalue weighted by molar-refractivity contribution is 6.03. The maximum absolute atomic E-state index is 14.3. The monoisotopic (exact) mass is 882 g/mol. The van der Waals surface area contributed by atoms with Gasteiger partial charge in [-0.05, 0) is 104 Å². The second-order valence-electron chi connectivity index (χ2n) is 16.9. The van der Waals surface area contributed by atoms with Crippen LogP contribution in [-0.4, -0.2) is 110 Å². The quantitative estimate of drug-likeness (QED) is 0.0475. The van der Waals surface area contributed by atoms with Crippen LogP contribution >= 0.6 is 0 Å². The van der Waals surface area contributed by atoms with E-state index in [0.29, 0.717) is 48.8 Å². The molecule has 0 radical (unpaired) electrons. The van der Waals surface area contributed by atoms with Crippen molar-refractivity contribution in [1.29, 1.82) is 0 Å². The molecule has 1 saturated carbocycles. The first-order valence-corrected chi connectivity index (χ1v) is 23.3. The Morgan fingerprint density at radius 1 is 0.922 bits per heavy atom. The number of rotatable bonds is 23. The molecule has 2 aliphatic carbocycles. The van der Waals surface area contributed by atoms with Gasteiger partial charge in [-0.2, -0.15) is 0 Å². The number of aliphatic hydroxyl groups is 3. The highest BCUT2D eigenvalue weighted by atomic mass is 16.8. The molecule has 13 nitrogen and oxygen atoms in total. The molecule has 3 N–H and O–H groups in total. The number of hydrogen-bond acceptors (Lipinski definition) is 12. The number of hydrogen-bond donors (Lipinski definition) is 3.